The van der Waals surface area contributed by atoms with E-state index >= 15 is 4.39 Å². The van der Waals surface area contributed by atoms with E-state index < -0.39 is 34.9 Å². The average Bonchev–Trinajstić information content (AvgIpc) is 2.94. The van der Waals surface area contributed by atoms with Crippen LogP contribution in [0, 0.1) is 29.8 Å². The Morgan fingerprint density at radius 3 is 2.67 bits per heavy atom. The zero-order valence-corrected chi connectivity index (χ0v) is 22.6. The lowest BCUT2D eigenvalue weighted by Crippen LogP contribution is -2.48. The monoisotopic (exact) mass is 565 g/mol. The average molecular weight is 566 g/mol. The number of hydrogen-bond acceptors (Lipinski definition) is 6. The summed E-state index contributed by atoms with van der Waals surface area (Å²) in [4.78, 5) is 19.1. The number of likely N-dealkylation sites (tertiary alicyclic amines) is 1. The summed E-state index contributed by atoms with van der Waals surface area (Å²) in [5.74, 6) is -2.70. The molecular weight excluding hydrogens is 534 g/mol. The molecule has 2 aromatic carbocycles. The first kappa shape index (κ1) is 29.1. The fourth-order valence-electron chi connectivity index (χ4n) is 5.22. The Kier molecular flexibility index (Phi) is 9.35. The van der Waals surface area contributed by atoms with Gasteiger partial charge in [-0.1, -0.05) is 0 Å². The molecule has 1 unspecified atom stereocenters. The van der Waals surface area contributed by atoms with E-state index in [-0.39, 0.29) is 17.7 Å². The molecule has 0 saturated carbocycles. The molecule has 0 bridgehead atoms. The number of carbonyl (C=O) groups excluding carboxylic acids is 1. The van der Waals surface area contributed by atoms with Gasteiger partial charge in [0.25, 0.3) is 0 Å². The highest BCUT2D eigenvalue weighted by Crippen LogP contribution is 2.41. The number of amides is 1. The minimum Gasteiger partial charge on any atom is -0.497 e. The van der Waals surface area contributed by atoms with Crippen LogP contribution in [0.4, 0.5) is 17.6 Å². The summed E-state index contributed by atoms with van der Waals surface area (Å²) in [6, 6.07) is 6.77. The molecule has 1 aliphatic heterocycles. The number of methoxy groups -OCH3 is 1. The minimum atomic E-state index is -1.36. The smallest absolute Gasteiger partial charge is 0.249 e. The lowest BCUT2D eigenvalue weighted by atomic mass is 9.73. The molecule has 0 spiro atoms. The van der Waals surface area contributed by atoms with Crippen molar-refractivity contribution >= 4 is 28.6 Å². The van der Waals surface area contributed by atoms with E-state index in [1.165, 1.54) is 0 Å². The number of aromatic nitrogens is 1. The largest absolute Gasteiger partial charge is 0.497 e. The summed E-state index contributed by atoms with van der Waals surface area (Å²) in [5.41, 5.74) is 2.67. The Balaban J connectivity index is 1.40. The van der Waals surface area contributed by atoms with Crippen molar-refractivity contribution in [3.63, 3.8) is 0 Å². The number of alkyl halides is 1. The molecule has 210 valence electrons. The molecule has 1 atom stereocenters. The third kappa shape index (κ3) is 6.47. The molecule has 1 fully saturated rings. The van der Waals surface area contributed by atoms with Gasteiger partial charge in [-0.15, -0.1) is 11.8 Å². The summed E-state index contributed by atoms with van der Waals surface area (Å²) in [5, 5.41) is 10.1. The number of pyridine rings is 1. The normalized spacial score (nSPS) is 16.3. The number of halogens is 4. The first-order valence-electron chi connectivity index (χ1n) is 12.7. The van der Waals surface area contributed by atoms with Crippen LogP contribution in [0.25, 0.3) is 10.9 Å². The van der Waals surface area contributed by atoms with Gasteiger partial charge < -0.3 is 9.64 Å². The van der Waals surface area contributed by atoms with Crippen LogP contribution in [-0.4, -0.2) is 53.5 Å². The van der Waals surface area contributed by atoms with E-state index in [0.29, 0.717) is 72.1 Å². The van der Waals surface area contributed by atoms with Crippen molar-refractivity contribution in [2.24, 2.45) is 5.41 Å². The predicted octanol–water partition coefficient (Wildman–Crippen LogP) is 6.14. The van der Waals surface area contributed by atoms with Gasteiger partial charge in [0.2, 0.25) is 5.91 Å². The molecule has 11 heteroatoms. The third-order valence-electron chi connectivity index (χ3n) is 7.53. The van der Waals surface area contributed by atoms with Gasteiger partial charge in [0.05, 0.1) is 18.0 Å². The summed E-state index contributed by atoms with van der Waals surface area (Å²) in [6.45, 7) is 3.30. The van der Waals surface area contributed by atoms with Crippen molar-refractivity contribution in [1.82, 2.24) is 15.4 Å². The second kappa shape index (κ2) is 12.5. The van der Waals surface area contributed by atoms with Gasteiger partial charge in [0.15, 0.2) is 11.6 Å². The number of hydrogen-bond donors (Lipinski definition) is 2. The fraction of sp³-hybridized carbons (Fsp3) is 0.429. The van der Waals surface area contributed by atoms with Gasteiger partial charge in [0, 0.05) is 34.8 Å². The standard InChI is InChI=1S/C28H31F4N3O3S/c1-17-16-33-23-4-3-19(38-2)15-20(23)25(17)21(30)5-6-28(27(36)34-37)7-9-35(10-8-28)11-12-39-24-14-18(29)13-22(31)26(24)32/h3-4,13-16,21,37H,5-12H2,1-2H3,(H,34,36). The van der Waals surface area contributed by atoms with Crippen molar-refractivity contribution in [2.45, 2.75) is 43.7 Å². The Labute approximate surface area is 228 Å². The summed E-state index contributed by atoms with van der Waals surface area (Å²) >= 11 is 1.02. The molecule has 0 radical (unpaired) electrons. The fourth-order valence-corrected chi connectivity index (χ4v) is 6.21. The van der Waals surface area contributed by atoms with Crippen LogP contribution < -0.4 is 10.2 Å². The van der Waals surface area contributed by atoms with Gasteiger partial charge in [0.1, 0.15) is 17.7 Å². The quantitative estimate of drug-likeness (QED) is 0.101. The van der Waals surface area contributed by atoms with Crippen molar-refractivity contribution < 1.29 is 32.3 Å². The number of carbonyl (C=O) groups is 1. The molecule has 3 aromatic rings. The maximum atomic E-state index is 15.8. The highest BCUT2D eigenvalue weighted by atomic mass is 32.2. The number of thioether (sulfide) groups is 1. The van der Waals surface area contributed by atoms with Crippen LogP contribution in [-0.2, 0) is 4.79 Å². The van der Waals surface area contributed by atoms with Crippen LogP contribution in [0.1, 0.15) is 43.0 Å². The van der Waals surface area contributed by atoms with Crippen LogP contribution in [0.5, 0.6) is 5.75 Å². The molecule has 2 heterocycles. The number of aryl methyl sites for hydroxylation is 1. The molecule has 1 aromatic heterocycles. The molecule has 39 heavy (non-hydrogen) atoms. The van der Waals surface area contributed by atoms with Crippen LogP contribution in [0.3, 0.4) is 0 Å². The van der Waals surface area contributed by atoms with Gasteiger partial charge in [-0.3, -0.25) is 15.0 Å². The van der Waals surface area contributed by atoms with Gasteiger partial charge >= 0.3 is 0 Å². The molecule has 6 nitrogen and oxygen atoms in total. The second-order valence-corrected chi connectivity index (χ2v) is 11.0. The third-order valence-corrected chi connectivity index (χ3v) is 8.52. The summed E-state index contributed by atoms with van der Waals surface area (Å²) < 4.78 is 61.9. The lowest BCUT2D eigenvalue weighted by molar-refractivity contribution is -0.143. The van der Waals surface area contributed by atoms with Crippen molar-refractivity contribution in [3.8, 4) is 5.75 Å². The number of piperidine rings is 1. The molecule has 1 amide bonds. The maximum Gasteiger partial charge on any atom is 0.249 e. The maximum absolute atomic E-state index is 15.8. The topological polar surface area (TPSA) is 74.7 Å². The number of hydroxylamine groups is 1. The molecule has 4 rings (SSSR count). The Morgan fingerprint density at radius 1 is 1.23 bits per heavy atom. The summed E-state index contributed by atoms with van der Waals surface area (Å²) in [7, 11) is 1.54. The number of ether oxygens (including phenoxy) is 1. The molecular formula is C28H31F4N3O3S. The van der Waals surface area contributed by atoms with Crippen molar-refractivity contribution in [2.75, 3.05) is 32.5 Å². The van der Waals surface area contributed by atoms with Crippen LogP contribution in [0.2, 0.25) is 0 Å². The molecule has 1 aliphatic rings. The van der Waals surface area contributed by atoms with Crippen molar-refractivity contribution in [1.29, 1.82) is 0 Å². The van der Waals surface area contributed by atoms with Crippen LogP contribution in [0.15, 0.2) is 41.4 Å². The molecule has 2 N–H and O–H groups in total. The minimum absolute atomic E-state index is 0.0743. The SMILES string of the molecule is COc1ccc2ncc(C)c(C(F)CCC3(C(=O)NO)CCN(CCSc4cc(F)cc(F)c4F)CC3)c2c1. The first-order chi connectivity index (χ1) is 18.7. The van der Waals surface area contributed by atoms with Gasteiger partial charge in [-0.2, -0.15) is 0 Å². The first-order valence-corrected chi connectivity index (χ1v) is 13.7. The molecule has 0 aliphatic carbocycles. The Morgan fingerprint density at radius 2 is 1.97 bits per heavy atom. The number of rotatable bonds is 10. The van der Waals surface area contributed by atoms with Gasteiger partial charge in [-0.25, -0.2) is 23.0 Å². The molecule has 1 saturated heterocycles. The van der Waals surface area contributed by atoms with E-state index in [0.717, 1.165) is 17.8 Å². The van der Waals surface area contributed by atoms with Crippen molar-refractivity contribution in [3.05, 3.63) is 65.1 Å². The summed E-state index contributed by atoms with van der Waals surface area (Å²) in [6.07, 6.45) is 1.36. The zero-order valence-electron chi connectivity index (χ0n) is 21.8. The van der Waals surface area contributed by atoms with E-state index in [9.17, 15) is 23.2 Å². The number of benzene rings is 2. The number of nitrogens with one attached hydrogen (secondary N) is 1. The second-order valence-electron chi connectivity index (χ2n) is 9.86. The lowest BCUT2D eigenvalue weighted by Gasteiger charge is -2.40. The van der Waals surface area contributed by atoms with E-state index in [1.54, 1.807) is 43.9 Å². The van der Waals surface area contributed by atoms with E-state index in [4.69, 9.17) is 4.74 Å². The highest BCUT2D eigenvalue weighted by molar-refractivity contribution is 7.99. The van der Waals surface area contributed by atoms with E-state index in [2.05, 4.69) is 9.88 Å². The Hall–Kier alpha value is -2.89. The van der Waals surface area contributed by atoms with Crippen LogP contribution >= 0.6 is 11.8 Å². The zero-order chi connectivity index (χ0) is 28.2. The van der Waals surface area contributed by atoms with Gasteiger partial charge in [-0.05, 0) is 81.1 Å². The highest BCUT2D eigenvalue weighted by Gasteiger charge is 2.41. The Bertz CT molecular complexity index is 1340. The number of fused-ring (bicyclic) bond motifs is 1. The van der Waals surface area contributed by atoms with E-state index in [1.807, 2.05) is 0 Å². The predicted molar refractivity (Wildman–Crippen MR) is 141 cm³/mol. The number of nitrogens with zero attached hydrogens (tertiary/aromatic N) is 2.